The molecule has 0 aromatic rings. The van der Waals surface area contributed by atoms with Gasteiger partial charge in [0.05, 0.1) is 6.10 Å². The highest BCUT2D eigenvalue weighted by molar-refractivity contribution is 4.96. The SMILES string of the molecule is [CH2]CCCCCCCCCCCCCCCCCCCOC1[CH]C1. The summed E-state index contributed by atoms with van der Waals surface area (Å²) in [7, 11) is 0. The van der Waals surface area contributed by atoms with Crippen LogP contribution in [0.1, 0.15) is 122 Å². The van der Waals surface area contributed by atoms with Crippen molar-refractivity contribution in [2.45, 2.75) is 128 Å². The van der Waals surface area contributed by atoms with Crippen LogP contribution in [0.2, 0.25) is 0 Å². The van der Waals surface area contributed by atoms with E-state index < -0.39 is 0 Å². The second kappa shape index (κ2) is 17.8. The maximum Gasteiger partial charge on any atom is 0.0611 e. The van der Waals surface area contributed by atoms with E-state index >= 15 is 0 Å². The van der Waals surface area contributed by atoms with Crippen LogP contribution in [0.25, 0.3) is 0 Å². The Labute approximate surface area is 153 Å². The monoisotopic (exact) mass is 336 g/mol. The number of hydrogen-bond acceptors (Lipinski definition) is 1. The Morgan fingerprint density at radius 1 is 0.583 bits per heavy atom. The van der Waals surface area contributed by atoms with Gasteiger partial charge in [0.25, 0.3) is 0 Å². The van der Waals surface area contributed by atoms with Crippen molar-refractivity contribution in [1.82, 2.24) is 0 Å². The molecule has 1 atom stereocenters. The van der Waals surface area contributed by atoms with Gasteiger partial charge in [0.2, 0.25) is 0 Å². The van der Waals surface area contributed by atoms with E-state index in [0.717, 1.165) is 13.0 Å². The van der Waals surface area contributed by atoms with E-state index in [0.29, 0.717) is 6.10 Å². The number of hydrogen-bond donors (Lipinski definition) is 0. The van der Waals surface area contributed by atoms with Gasteiger partial charge in [-0.15, -0.1) is 0 Å². The van der Waals surface area contributed by atoms with Crippen molar-refractivity contribution in [3.63, 3.8) is 0 Å². The first kappa shape index (κ1) is 22.0. The van der Waals surface area contributed by atoms with Gasteiger partial charge in [-0.2, -0.15) is 0 Å². The third kappa shape index (κ3) is 16.8. The molecule has 1 unspecified atom stereocenters. The normalized spacial score (nSPS) is 14.4. The van der Waals surface area contributed by atoms with Gasteiger partial charge >= 0.3 is 0 Å². The van der Waals surface area contributed by atoms with Gasteiger partial charge < -0.3 is 4.74 Å². The fraction of sp³-hybridized carbons (Fsp3) is 0.913. The van der Waals surface area contributed by atoms with Gasteiger partial charge in [0.15, 0.2) is 0 Å². The number of unbranched alkanes of at least 4 members (excludes halogenated alkanes) is 17. The van der Waals surface area contributed by atoms with E-state index in [1.54, 1.807) is 0 Å². The quantitative estimate of drug-likeness (QED) is 0.206. The molecule has 1 aliphatic carbocycles. The molecule has 0 aliphatic heterocycles. The van der Waals surface area contributed by atoms with Gasteiger partial charge in [-0.25, -0.2) is 0 Å². The van der Waals surface area contributed by atoms with Crippen molar-refractivity contribution in [1.29, 1.82) is 0 Å². The highest BCUT2D eigenvalue weighted by atomic mass is 16.5. The predicted octanol–water partition coefficient (Wildman–Crippen LogP) is 7.84. The number of ether oxygens (including phenoxy) is 1. The molecule has 0 amide bonds. The van der Waals surface area contributed by atoms with E-state index in [1.807, 2.05) is 0 Å². The van der Waals surface area contributed by atoms with Crippen LogP contribution in [0, 0.1) is 13.3 Å². The maximum atomic E-state index is 5.62. The molecule has 142 valence electrons. The van der Waals surface area contributed by atoms with E-state index in [9.17, 15) is 0 Å². The summed E-state index contributed by atoms with van der Waals surface area (Å²) in [6, 6.07) is 0. The first-order valence-electron chi connectivity index (χ1n) is 11.2. The Bertz CT molecular complexity index is 234. The second-order valence-corrected chi connectivity index (χ2v) is 7.74. The predicted molar refractivity (Wildman–Crippen MR) is 107 cm³/mol. The molecule has 24 heavy (non-hydrogen) atoms. The van der Waals surface area contributed by atoms with Crippen molar-refractivity contribution in [3.05, 3.63) is 13.3 Å². The third-order valence-corrected chi connectivity index (χ3v) is 5.15. The van der Waals surface area contributed by atoms with Crippen LogP contribution in [-0.2, 0) is 4.74 Å². The minimum absolute atomic E-state index is 0.522. The maximum absolute atomic E-state index is 5.62. The molecule has 0 saturated heterocycles. The smallest absolute Gasteiger partial charge is 0.0611 e. The van der Waals surface area contributed by atoms with Crippen LogP contribution in [-0.4, -0.2) is 12.7 Å². The molecule has 1 rings (SSSR count). The van der Waals surface area contributed by atoms with Crippen LogP contribution in [0.5, 0.6) is 0 Å². The Hall–Kier alpha value is -0.0400. The van der Waals surface area contributed by atoms with E-state index in [-0.39, 0.29) is 0 Å². The summed E-state index contributed by atoms with van der Waals surface area (Å²) in [6.45, 7) is 4.88. The lowest BCUT2D eigenvalue weighted by Crippen LogP contribution is -1.96. The first-order chi connectivity index (χ1) is 11.9. The lowest BCUT2D eigenvalue weighted by atomic mass is 10.0. The summed E-state index contributed by atoms with van der Waals surface area (Å²) >= 11 is 0. The summed E-state index contributed by atoms with van der Waals surface area (Å²) in [5.41, 5.74) is 0. The lowest BCUT2D eigenvalue weighted by molar-refractivity contribution is 0.122. The van der Waals surface area contributed by atoms with Crippen molar-refractivity contribution in [2.24, 2.45) is 0 Å². The average molecular weight is 337 g/mol. The van der Waals surface area contributed by atoms with Gasteiger partial charge in [-0.05, 0) is 19.3 Å². The van der Waals surface area contributed by atoms with Crippen molar-refractivity contribution >= 4 is 0 Å². The van der Waals surface area contributed by atoms with Crippen LogP contribution in [0.15, 0.2) is 0 Å². The molecule has 0 N–H and O–H groups in total. The summed E-state index contributed by atoms with van der Waals surface area (Å²) in [4.78, 5) is 0. The molecule has 1 heteroatoms. The third-order valence-electron chi connectivity index (χ3n) is 5.15. The topological polar surface area (TPSA) is 9.23 Å². The van der Waals surface area contributed by atoms with Crippen LogP contribution >= 0.6 is 0 Å². The molecule has 0 spiro atoms. The zero-order valence-corrected chi connectivity index (χ0v) is 16.4. The molecule has 1 fully saturated rings. The van der Waals surface area contributed by atoms with E-state index in [1.165, 1.54) is 116 Å². The fourth-order valence-corrected chi connectivity index (χ4v) is 3.36. The Kier molecular flexibility index (Phi) is 16.3. The van der Waals surface area contributed by atoms with Gasteiger partial charge in [-0.3, -0.25) is 0 Å². The standard InChI is InChI=1S/C23H44O/c1-2-3-4-5-6-7-8-9-10-11-12-13-14-15-16-17-18-19-22-24-23-20-21-23/h20,23H,1-19,21-22H2. The van der Waals surface area contributed by atoms with Crippen LogP contribution < -0.4 is 0 Å². The second-order valence-electron chi connectivity index (χ2n) is 7.74. The van der Waals surface area contributed by atoms with Crippen LogP contribution in [0.3, 0.4) is 0 Å². The molecular weight excluding hydrogens is 292 g/mol. The van der Waals surface area contributed by atoms with E-state index in [2.05, 4.69) is 13.3 Å². The molecule has 1 saturated carbocycles. The molecule has 0 heterocycles. The molecule has 1 aliphatic rings. The largest absolute Gasteiger partial charge is 0.378 e. The average Bonchev–Trinajstić information content (AvgIpc) is 3.41. The lowest BCUT2D eigenvalue weighted by Gasteiger charge is -2.04. The zero-order chi connectivity index (χ0) is 17.1. The summed E-state index contributed by atoms with van der Waals surface area (Å²) in [5.74, 6) is 0. The molecular formula is C23H44O. The summed E-state index contributed by atoms with van der Waals surface area (Å²) in [5, 5.41) is 0. The Morgan fingerprint density at radius 2 is 0.917 bits per heavy atom. The van der Waals surface area contributed by atoms with Crippen molar-refractivity contribution in [2.75, 3.05) is 6.61 Å². The highest BCUT2D eigenvalue weighted by Gasteiger charge is 2.21. The molecule has 0 aromatic carbocycles. The molecule has 1 nitrogen and oxygen atoms in total. The fourth-order valence-electron chi connectivity index (χ4n) is 3.36. The number of rotatable bonds is 20. The minimum atomic E-state index is 0.522. The first-order valence-corrected chi connectivity index (χ1v) is 11.2. The minimum Gasteiger partial charge on any atom is -0.378 e. The summed E-state index contributed by atoms with van der Waals surface area (Å²) in [6.07, 6.45) is 29.3. The van der Waals surface area contributed by atoms with Crippen LogP contribution in [0.4, 0.5) is 0 Å². The molecule has 0 aromatic heterocycles. The van der Waals surface area contributed by atoms with Crippen molar-refractivity contribution in [3.8, 4) is 0 Å². The van der Waals surface area contributed by atoms with Gasteiger partial charge in [0.1, 0.15) is 0 Å². The zero-order valence-electron chi connectivity index (χ0n) is 16.4. The summed E-state index contributed by atoms with van der Waals surface area (Å²) < 4.78 is 5.62. The van der Waals surface area contributed by atoms with Crippen molar-refractivity contribution < 1.29 is 4.74 Å². The highest BCUT2D eigenvalue weighted by Crippen LogP contribution is 2.22. The van der Waals surface area contributed by atoms with Gasteiger partial charge in [-0.1, -0.05) is 116 Å². The Morgan fingerprint density at radius 3 is 1.25 bits per heavy atom. The van der Waals surface area contributed by atoms with Gasteiger partial charge in [0, 0.05) is 6.61 Å². The molecule has 2 radical (unpaired) electrons. The van der Waals surface area contributed by atoms with E-state index in [4.69, 9.17) is 4.74 Å². The molecule has 0 bridgehead atoms. The Balaban J connectivity index is 1.59.